The van der Waals surface area contributed by atoms with Crippen LogP contribution in [0.3, 0.4) is 0 Å². The van der Waals surface area contributed by atoms with E-state index in [0.717, 1.165) is 18.0 Å². The maximum atomic E-state index is 6.01. The van der Waals surface area contributed by atoms with Gasteiger partial charge in [-0.05, 0) is 30.7 Å². The first-order valence-corrected chi connectivity index (χ1v) is 5.64. The summed E-state index contributed by atoms with van der Waals surface area (Å²) in [5.41, 5.74) is 3.93. The van der Waals surface area contributed by atoms with Gasteiger partial charge in [0.05, 0.1) is 0 Å². The highest BCUT2D eigenvalue weighted by molar-refractivity contribution is 6.31. The average molecular weight is 221 g/mol. The molecule has 1 aromatic heterocycles. The summed E-state index contributed by atoms with van der Waals surface area (Å²) in [6.45, 7) is 3.15. The maximum Gasteiger partial charge on any atom is 0.0460 e. The molecule has 0 fully saturated rings. The Balaban J connectivity index is 2.24. The molecule has 1 unspecified atom stereocenters. The second kappa shape index (κ2) is 3.26. The van der Waals surface area contributed by atoms with Crippen molar-refractivity contribution in [2.24, 2.45) is 0 Å². The molecule has 2 nitrogen and oxygen atoms in total. The van der Waals surface area contributed by atoms with E-state index in [0.29, 0.717) is 6.04 Å². The minimum Gasteiger partial charge on any atom is -0.358 e. The first kappa shape index (κ1) is 9.25. The van der Waals surface area contributed by atoms with Gasteiger partial charge < -0.3 is 10.3 Å². The molecule has 2 heterocycles. The first-order chi connectivity index (χ1) is 7.24. The number of halogens is 1. The predicted molar refractivity (Wildman–Crippen MR) is 63.3 cm³/mol. The Hall–Kier alpha value is -0.990. The van der Waals surface area contributed by atoms with Crippen LogP contribution in [-0.2, 0) is 13.0 Å². The number of rotatable bonds is 0. The lowest BCUT2D eigenvalue weighted by Crippen LogP contribution is -2.32. The number of aromatic nitrogens is 1. The lowest BCUT2D eigenvalue weighted by atomic mass is 10.0. The van der Waals surface area contributed by atoms with Crippen molar-refractivity contribution in [3.63, 3.8) is 0 Å². The van der Waals surface area contributed by atoms with E-state index in [4.69, 9.17) is 11.6 Å². The fourth-order valence-electron chi connectivity index (χ4n) is 2.31. The quantitative estimate of drug-likeness (QED) is 0.702. The molecular formula is C12H13ClN2. The summed E-state index contributed by atoms with van der Waals surface area (Å²) < 4.78 is 0. The molecule has 1 aliphatic heterocycles. The third-order valence-corrected chi connectivity index (χ3v) is 3.33. The summed E-state index contributed by atoms with van der Waals surface area (Å²) in [7, 11) is 0. The van der Waals surface area contributed by atoms with Crippen LogP contribution in [0, 0.1) is 0 Å². The van der Waals surface area contributed by atoms with E-state index in [-0.39, 0.29) is 0 Å². The van der Waals surface area contributed by atoms with Crippen LogP contribution in [0.5, 0.6) is 0 Å². The fourth-order valence-corrected chi connectivity index (χ4v) is 2.48. The van der Waals surface area contributed by atoms with Crippen LogP contribution >= 0.6 is 11.6 Å². The summed E-state index contributed by atoms with van der Waals surface area (Å²) in [5, 5.41) is 5.54. The highest BCUT2D eigenvalue weighted by Gasteiger charge is 2.18. The zero-order chi connectivity index (χ0) is 10.4. The van der Waals surface area contributed by atoms with E-state index in [1.165, 1.54) is 22.2 Å². The molecule has 15 heavy (non-hydrogen) atoms. The van der Waals surface area contributed by atoms with Crippen molar-refractivity contribution in [2.45, 2.75) is 25.9 Å². The maximum absolute atomic E-state index is 6.01. The number of nitrogens with one attached hydrogen (secondary N) is 2. The Morgan fingerprint density at radius 3 is 3.13 bits per heavy atom. The highest BCUT2D eigenvalue weighted by atomic mass is 35.5. The van der Waals surface area contributed by atoms with E-state index < -0.39 is 0 Å². The van der Waals surface area contributed by atoms with Gasteiger partial charge >= 0.3 is 0 Å². The van der Waals surface area contributed by atoms with Crippen molar-refractivity contribution in [1.82, 2.24) is 10.3 Å². The van der Waals surface area contributed by atoms with E-state index in [1.807, 2.05) is 12.1 Å². The Kier molecular flexibility index (Phi) is 2.01. The molecule has 0 radical (unpaired) electrons. The van der Waals surface area contributed by atoms with Gasteiger partial charge in [-0.1, -0.05) is 11.6 Å². The number of hydrogen-bond acceptors (Lipinski definition) is 1. The minimum atomic E-state index is 0.557. The van der Waals surface area contributed by atoms with Crippen molar-refractivity contribution in [1.29, 1.82) is 0 Å². The van der Waals surface area contributed by atoms with Gasteiger partial charge in [0.2, 0.25) is 0 Å². The van der Waals surface area contributed by atoms with Gasteiger partial charge in [0.25, 0.3) is 0 Å². The Bertz CT molecular complexity index is 516. The summed E-state index contributed by atoms with van der Waals surface area (Å²) in [6, 6.07) is 6.59. The van der Waals surface area contributed by atoms with Gasteiger partial charge in [0, 0.05) is 40.6 Å². The lowest BCUT2D eigenvalue weighted by molar-refractivity contribution is 0.511. The molecular weight excluding hydrogens is 208 g/mol. The zero-order valence-corrected chi connectivity index (χ0v) is 9.36. The monoisotopic (exact) mass is 220 g/mol. The molecule has 78 valence electrons. The summed E-state index contributed by atoms with van der Waals surface area (Å²) in [6.07, 6.45) is 1.07. The van der Waals surface area contributed by atoms with Crippen LogP contribution in [0.2, 0.25) is 5.02 Å². The molecule has 0 aliphatic carbocycles. The Morgan fingerprint density at radius 1 is 1.40 bits per heavy atom. The predicted octanol–water partition coefficient (Wildman–Crippen LogP) is 2.86. The molecule has 3 rings (SSSR count). The number of fused-ring (bicyclic) bond motifs is 3. The van der Waals surface area contributed by atoms with E-state index in [2.05, 4.69) is 23.3 Å². The first-order valence-electron chi connectivity index (χ1n) is 5.26. The molecule has 0 bridgehead atoms. The molecule has 0 spiro atoms. The van der Waals surface area contributed by atoms with Crippen LogP contribution in [0.25, 0.3) is 10.9 Å². The lowest BCUT2D eigenvalue weighted by Gasteiger charge is -2.20. The molecule has 1 aliphatic rings. The topological polar surface area (TPSA) is 27.8 Å². The number of aromatic amines is 1. The molecule has 2 aromatic rings. The largest absolute Gasteiger partial charge is 0.358 e. The second-order valence-electron chi connectivity index (χ2n) is 4.26. The standard InChI is InChI=1S/C12H13ClN2/c1-7-4-12-10(6-14-7)9-5-8(13)2-3-11(9)15-12/h2-3,5,7,14-15H,4,6H2,1H3. The van der Waals surface area contributed by atoms with E-state index >= 15 is 0 Å². The SMILES string of the molecule is CC1Cc2[nH]c3ccc(Cl)cc3c2CN1. The van der Waals surface area contributed by atoms with Crippen molar-refractivity contribution in [2.75, 3.05) is 0 Å². The smallest absolute Gasteiger partial charge is 0.0460 e. The third kappa shape index (κ3) is 1.45. The van der Waals surface area contributed by atoms with Gasteiger partial charge in [0.15, 0.2) is 0 Å². The van der Waals surface area contributed by atoms with Crippen molar-refractivity contribution < 1.29 is 0 Å². The van der Waals surface area contributed by atoms with Gasteiger partial charge in [0.1, 0.15) is 0 Å². The van der Waals surface area contributed by atoms with Gasteiger partial charge in [-0.2, -0.15) is 0 Å². The van der Waals surface area contributed by atoms with Crippen molar-refractivity contribution in [3.8, 4) is 0 Å². The molecule has 0 saturated carbocycles. The van der Waals surface area contributed by atoms with Gasteiger partial charge in [-0.3, -0.25) is 0 Å². The van der Waals surface area contributed by atoms with Gasteiger partial charge in [-0.25, -0.2) is 0 Å². The van der Waals surface area contributed by atoms with Crippen LogP contribution in [-0.4, -0.2) is 11.0 Å². The van der Waals surface area contributed by atoms with Crippen LogP contribution in [0.15, 0.2) is 18.2 Å². The summed E-state index contributed by atoms with van der Waals surface area (Å²) in [5.74, 6) is 0. The van der Waals surface area contributed by atoms with Crippen LogP contribution in [0.1, 0.15) is 18.2 Å². The number of hydrogen-bond donors (Lipinski definition) is 2. The fraction of sp³-hybridized carbons (Fsp3) is 0.333. The molecule has 3 heteroatoms. The molecule has 0 amide bonds. The molecule has 1 aromatic carbocycles. The highest BCUT2D eigenvalue weighted by Crippen LogP contribution is 2.28. The van der Waals surface area contributed by atoms with E-state index in [9.17, 15) is 0 Å². The number of H-pyrrole nitrogens is 1. The van der Waals surface area contributed by atoms with Crippen LogP contribution in [0.4, 0.5) is 0 Å². The molecule has 2 N–H and O–H groups in total. The minimum absolute atomic E-state index is 0.557. The normalized spacial score (nSPS) is 20.5. The Labute approximate surface area is 93.6 Å². The average Bonchev–Trinajstić information content (AvgIpc) is 2.54. The molecule has 1 atom stereocenters. The number of benzene rings is 1. The van der Waals surface area contributed by atoms with Crippen LogP contribution < -0.4 is 5.32 Å². The molecule has 0 saturated heterocycles. The van der Waals surface area contributed by atoms with Crippen molar-refractivity contribution in [3.05, 3.63) is 34.5 Å². The summed E-state index contributed by atoms with van der Waals surface area (Å²) >= 11 is 6.01. The third-order valence-electron chi connectivity index (χ3n) is 3.09. The second-order valence-corrected chi connectivity index (χ2v) is 4.69. The van der Waals surface area contributed by atoms with Crippen molar-refractivity contribution >= 4 is 22.5 Å². The van der Waals surface area contributed by atoms with E-state index in [1.54, 1.807) is 0 Å². The zero-order valence-electron chi connectivity index (χ0n) is 8.60. The Morgan fingerprint density at radius 2 is 2.27 bits per heavy atom. The van der Waals surface area contributed by atoms with Gasteiger partial charge in [-0.15, -0.1) is 0 Å². The summed E-state index contributed by atoms with van der Waals surface area (Å²) in [4.78, 5) is 3.48.